The molecule has 1 aromatic rings. The minimum Gasteiger partial charge on any atom is -0.464 e. The Morgan fingerprint density at radius 2 is 1.53 bits per heavy atom. The Balaban J connectivity index is 2.55. The average molecular weight is 462 g/mol. The van der Waals surface area contributed by atoms with E-state index >= 15 is 0 Å². The molecule has 1 amide bonds. The molecule has 0 bridgehead atoms. The van der Waals surface area contributed by atoms with Crippen LogP contribution in [0.4, 0.5) is 17.6 Å². The molecule has 0 saturated carbocycles. The Kier molecular flexibility index (Phi) is 12.3. The summed E-state index contributed by atoms with van der Waals surface area (Å²) >= 11 is 0. The summed E-state index contributed by atoms with van der Waals surface area (Å²) in [6.45, 7) is 5.59. The van der Waals surface area contributed by atoms with Crippen molar-refractivity contribution >= 4 is 11.9 Å². The minimum absolute atomic E-state index is 0.168. The number of carbonyl (C=O) groups is 2. The second kappa shape index (κ2) is 14.1. The second-order valence-electron chi connectivity index (χ2n) is 8.35. The van der Waals surface area contributed by atoms with E-state index < -0.39 is 47.0 Å². The van der Waals surface area contributed by atoms with Gasteiger partial charge in [-0.3, -0.25) is 4.79 Å². The van der Waals surface area contributed by atoms with E-state index in [4.69, 9.17) is 4.74 Å². The fourth-order valence-corrected chi connectivity index (χ4v) is 3.38. The Morgan fingerprint density at radius 3 is 2.06 bits per heavy atom. The summed E-state index contributed by atoms with van der Waals surface area (Å²) < 4.78 is 58.8. The van der Waals surface area contributed by atoms with Crippen molar-refractivity contribution in [2.75, 3.05) is 6.61 Å². The molecular weight excluding hydrogens is 426 g/mol. The third-order valence-corrected chi connectivity index (χ3v) is 5.25. The van der Waals surface area contributed by atoms with Gasteiger partial charge in [0.2, 0.25) is 0 Å². The van der Waals surface area contributed by atoms with Gasteiger partial charge < -0.3 is 10.1 Å². The van der Waals surface area contributed by atoms with E-state index in [9.17, 15) is 27.2 Å². The monoisotopic (exact) mass is 461 g/mol. The summed E-state index contributed by atoms with van der Waals surface area (Å²) in [6, 6.07) is 1.11. The molecule has 0 fully saturated rings. The maximum absolute atomic E-state index is 14.0. The van der Waals surface area contributed by atoms with Crippen molar-refractivity contribution in [2.45, 2.75) is 90.8 Å². The van der Waals surface area contributed by atoms with Gasteiger partial charge >= 0.3 is 12.1 Å². The zero-order valence-corrected chi connectivity index (χ0v) is 19.2. The quantitative estimate of drug-likeness (QED) is 0.191. The lowest BCUT2D eigenvalue weighted by Gasteiger charge is -2.22. The van der Waals surface area contributed by atoms with Crippen LogP contribution in [0.5, 0.6) is 0 Å². The zero-order chi connectivity index (χ0) is 24.1. The van der Waals surface area contributed by atoms with Gasteiger partial charge in [0.25, 0.3) is 5.91 Å². The fourth-order valence-electron chi connectivity index (χ4n) is 3.38. The number of amides is 1. The Bertz CT molecular complexity index is 720. The molecule has 0 aliphatic rings. The first-order valence-corrected chi connectivity index (χ1v) is 11.4. The molecule has 0 aliphatic heterocycles. The van der Waals surface area contributed by atoms with Crippen molar-refractivity contribution in [2.24, 2.45) is 5.92 Å². The number of unbranched alkanes of at least 4 members (excludes halogenated alkanes) is 8. The van der Waals surface area contributed by atoms with Gasteiger partial charge in [-0.25, -0.2) is 9.18 Å². The van der Waals surface area contributed by atoms with Gasteiger partial charge in [0.1, 0.15) is 11.9 Å². The van der Waals surface area contributed by atoms with E-state index in [0.29, 0.717) is 12.5 Å². The minimum atomic E-state index is -4.90. The van der Waals surface area contributed by atoms with E-state index in [0.717, 1.165) is 31.4 Å². The number of ether oxygens (including phenoxy) is 1. The molecule has 0 aromatic heterocycles. The highest BCUT2D eigenvalue weighted by Gasteiger charge is 2.38. The van der Waals surface area contributed by atoms with Crippen LogP contribution >= 0.6 is 0 Å². The maximum atomic E-state index is 14.0. The third-order valence-electron chi connectivity index (χ3n) is 5.25. The summed E-state index contributed by atoms with van der Waals surface area (Å²) in [5, 5.41) is 2.22. The summed E-state index contributed by atoms with van der Waals surface area (Å²) in [4.78, 5) is 24.8. The summed E-state index contributed by atoms with van der Waals surface area (Å²) in [5.74, 6) is -3.79. The normalized spacial score (nSPS) is 12.6. The molecule has 4 nitrogen and oxygen atoms in total. The number of benzene rings is 1. The molecule has 1 atom stereocenters. The smallest absolute Gasteiger partial charge is 0.417 e. The standard InChI is InChI=1S/C24H35F4NO3/c1-4-5-6-7-8-9-10-11-12-16-32-23(31)21(17(2)3)29-22(30)20-18(24(26,27)28)14-13-15-19(20)25/h13-15,17,21H,4-12,16H2,1-3H3,(H,29,30). The topological polar surface area (TPSA) is 55.4 Å². The highest BCUT2D eigenvalue weighted by molar-refractivity contribution is 5.98. The molecule has 1 unspecified atom stereocenters. The van der Waals surface area contributed by atoms with Crippen molar-refractivity contribution < 1.29 is 31.9 Å². The number of hydrogen-bond acceptors (Lipinski definition) is 3. The molecule has 0 aliphatic carbocycles. The summed E-state index contributed by atoms with van der Waals surface area (Å²) in [6.07, 6.45) is 5.01. The summed E-state index contributed by atoms with van der Waals surface area (Å²) in [5.41, 5.74) is -2.52. The predicted octanol–water partition coefficient (Wildman–Crippen LogP) is 6.67. The van der Waals surface area contributed by atoms with E-state index in [-0.39, 0.29) is 6.61 Å². The Morgan fingerprint density at radius 1 is 0.969 bits per heavy atom. The molecule has 1 N–H and O–H groups in total. The van der Waals surface area contributed by atoms with Crippen LogP contribution in [0.3, 0.4) is 0 Å². The molecular formula is C24H35F4NO3. The first-order valence-electron chi connectivity index (χ1n) is 11.4. The first kappa shape index (κ1) is 27.9. The van der Waals surface area contributed by atoms with Gasteiger partial charge in [0.05, 0.1) is 17.7 Å². The molecule has 1 aromatic carbocycles. The van der Waals surface area contributed by atoms with Crippen molar-refractivity contribution in [3.63, 3.8) is 0 Å². The van der Waals surface area contributed by atoms with Crippen molar-refractivity contribution in [3.05, 3.63) is 35.1 Å². The number of nitrogens with one attached hydrogen (secondary N) is 1. The molecule has 0 heterocycles. The number of alkyl halides is 3. The van der Waals surface area contributed by atoms with Gasteiger partial charge in [-0.2, -0.15) is 13.2 Å². The lowest BCUT2D eigenvalue weighted by Crippen LogP contribution is -2.46. The molecule has 1 rings (SSSR count). The van der Waals surface area contributed by atoms with Gasteiger partial charge in [-0.15, -0.1) is 0 Å². The number of carbonyl (C=O) groups excluding carboxylic acids is 2. The van der Waals surface area contributed by atoms with Crippen molar-refractivity contribution in [1.82, 2.24) is 5.32 Å². The lowest BCUT2D eigenvalue weighted by molar-refractivity contribution is -0.147. The van der Waals surface area contributed by atoms with E-state index in [1.165, 1.54) is 32.1 Å². The average Bonchev–Trinajstić information content (AvgIpc) is 2.71. The third kappa shape index (κ3) is 9.57. The number of rotatable bonds is 14. The van der Waals surface area contributed by atoms with Crippen molar-refractivity contribution in [1.29, 1.82) is 0 Å². The van der Waals surface area contributed by atoms with Crippen LogP contribution < -0.4 is 5.32 Å². The number of hydrogen-bond donors (Lipinski definition) is 1. The lowest BCUT2D eigenvalue weighted by atomic mass is 10.0. The van der Waals surface area contributed by atoms with Crippen LogP contribution in [0.2, 0.25) is 0 Å². The van der Waals surface area contributed by atoms with Crippen LogP contribution in [-0.2, 0) is 15.7 Å². The Hall–Kier alpha value is -2.12. The molecule has 0 spiro atoms. The van der Waals surface area contributed by atoms with Gasteiger partial charge in [0.15, 0.2) is 0 Å². The zero-order valence-electron chi connectivity index (χ0n) is 19.2. The SMILES string of the molecule is CCCCCCCCCCCOC(=O)C(NC(=O)c1c(F)cccc1C(F)(F)F)C(C)C. The fraction of sp³-hybridized carbons (Fsp3) is 0.667. The van der Waals surface area contributed by atoms with Gasteiger partial charge in [0, 0.05) is 0 Å². The van der Waals surface area contributed by atoms with E-state index in [1.807, 2.05) is 0 Å². The van der Waals surface area contributed by atoms with Gasteiger partial charge in [-0.05, 0) is 24.5 Å². The maximum Gasteiger partial charge on any atom is 0.417 e. The number of halogens is 4. The molecule has 0 saturated heterocycles. The van der Waals surface area contributed by atoms with Crippen LogP contribution in [-0.4, -0.2) is 24.5 Å². The van der Waals surface area contributed by atoms with E-state index in [2.05, 4.69) is 12.2 Å². The van der Waals surface area contributed by atoms with Crippen LogP contribution in [0.1, 0.15) is 94.5 Å². The molecule has 8 heteroatoms. The Labute approximate surface area is 188 Å². The van der Waals surface area contributed by atoms with Gasteiger partial charge in [-0.1, -0.05) is 78.2 Å². The van der Waals surface area contributed by atoms with Crippen LogP contribution in [0, 0.1) is 11.7 Å². The molecule has 0 radical (unpaired) electrons. The summed E-state index contributed by atoms with van der Waals surface area (Å²) in [7, 11) is 0. The highest BCUT2D eigenvalue weighted by atomic mass is 19.4. The highest BCUT2D eigenvalue weighted by Crippen LogP contribution is 2.33. The van der Waals surface area contributed by atoms with Crippen LogP contribution in [0.25, 0.3) is 0 Å². The molecule has 32 heavy (non-hydrogen) atoms. The first-order chi connectivity index (χ1) is 15.1. The van der Waals surface area contributed by atoms with E-state index in [1.54, 1.807) is 13.8 Å². The number of esters is 1. The van der Waals surface area contributed by atoms with Crippen LogP contribution in [0.15, 0.2) is 18.2 Å². The largest absolute Gasteiger partial charge is 0.464 e. The second-order valence-corrected chi connectivity index (χ2v) is 8.35. The molecule has 182 valence electrons. The van der Waals surface area contributed by atoms with Crippen molar-refractivity contribution in [3.8, 4) is 0 Å². The predicted molar refractivity (Wildman–Crippen MR) is 116 cm³/mol.